The molecule has 0 aromatic heterocycles. The van der Waals surface area contributed by atoms with E-state index in [2.05, 4.69) is 36.3 Å². The number of hydrogen-bond donors (Lipinski definition) is 2. The third kappa shape index (κ3) is 4.28. The maximum atomic E-state index is 12.1. The van der Waals surface area contributed by atoms with E-state index in [9.17, 15) is 4.79 Å². The van der Waals surface area contributed by atoms with Crippen LogP contribution in [0.4, 0.5) is 0 Å². The predicted molar refractivity (Wildman–Crippen MR) is 71.0 cm³/mol. The number of nitrogens with zero attached hydrogens (tertiary/aromatic N) is 1. The van der Waals surface area contributed by atoms with Crippen molar-refractivity contribution in [3.05, 3.63) is 0 Å². The summed E-state index contributed by atoms with van der Waals surface area (Å²) in [4.78, 5) is 14.4. The molecule has 100 valence electrons. The molecule has 0 bridgehead atoms. The molecule has 1 amide bonds. The second kappa shape index (κ2) is 6.97. The van der Waals surface area contributed by atoms with Gasteiger partial charge in [-0.2, -0.15) is 0 Å². The summed E-state index contributed by atoms with van der Waals surface area (Å²) >= 11 is 0. The zero-order valence-electron chi connectivity index (χ0n) is 11.5. The number of carbonyl (C=O) groups excluding carboxylic acids is 1. The molecule has 4 heteroatoms. The topological polar surface area (TPSA) is 44.4 Å². The minimum atomic E-state index is -0.207. The van der Waals surface area contributed by atoms with E-state index < -0.39 is 0 Å². The molecule has 2 N–H and O–H groups in total. The van der Waals surface area contributed by atoms with Crippen molar-refractivity contribution >= 4 is 5.91 Å². The van der Waals surface area contributed by atoms with Crippen molar-refractivity contribution in [3.63, 3.8) is 0 Å². The molecule has 1 aliphatic rings. The van der Waals surface area contributed by atoms with Crippen LogP contribution in [-0.2, 0) is 4.79 Å². The highest BCUT2D eigenvalue weighted by Crippen LogP contribution is 2.25. The van der Waals surface area contributed by atoms with Gasteiger partial charge in [-0.1, -0.05) is 13.8 Å². The summed E-state index contributed by atoms with van der Waals surface area (Å²) in [6.07, 6.45) is 2.09. The normalized spacial score (nSPS) is 24.9. The largest absolute Gasteiger partial charge is 0.354 e. The van der Waals surface area contributed by atoms with Crippen LogP contribution >= 0.6 is 0 Å². The first-order valence-electron chi connectivity index (χ1n) is 6.83. The fourth-order valence-corrected chi connectivity index (χ4v) is 2.33. The maximum absolute atomic E-state index is 12.1. The molecule has 1 saturated heterocycles. The summed E-state index contributed by atoms with van der Waals surface area (Å²) in [5.41, 5.74) is -0.207. The van der Waals surface area contributed by atoms with Crippen LogP contribution in [0, 0.1) is 5.41 Å². The quantitative estimate of drug-likeness (QED) is 0.724. The van der Waals surface area contributed by atoms with Crippen LogP contribution in [0.25, 0.3) is 0 Å². The molecule has 1 atom stereocenters. The molecular formula is C13H27N3O. The van der Waals surface area contributed by atoms with Gasteiger partial charge < -0.3 is 15.5 Å². The second-order valence-electron chi connectivity index (χ2n) is 5.12. The van der Waals surface area contributed by atoms with Crippen molar-refractivity contribution in [3.8, 4) is 0 Å². The van der Waals surface area contributed by atoms with E-state index in [1.165, 1.54) is 0 Å². The van der Waals surface area contributed by atoms with Crippen LogP contribution in [0.3, 0.4) is 0 Å². The number of piperidine rings is 1. The average Bonchev–Trinajstić information content (AvgIpc) is 2.35. The van der Waals surface area contributed by atoms with Gasteiger partial charge in [-0.3, -0.25) is 4.79 Å². The Labute approximate surface area is 105 Å². The number of carbonyl (C=O) groups is 1. The Balaban J connectivity index is 2.28. The van der Waals surface area contributed by atoms with E-state index in [4.69, 9.17) is 0 Å². The van der Waals surface area contributed by atoms with Crippen molar-refractivity contribution in [2.45, 2.75) is 33.6 Å². The molecule has 1 rings (SSSR count). The molecule has 0 saturated carbocycles. The first-order chi connectivity index (χ1) is 8.12. The van der Waals surface area contributed by atoms with Crippen LogP contribution in [0.2, 0.25) is 0 Å². The van der Waals surface area contributed by atoms with Gasteiger partial charge in [-0.25, -0.2) is 0 Å². The first kappa shape index (κ1) is 14.5. The number of rotatable bonds is 6. The van der Waals surface area contributed by atoms with Crippen molar-refractivity contribution in [1.29, 1.82) is 0 Å². The Bertz CT molecular complexity index is 233. The van der Waals surface area contributed by atoms with Crippen LogP contribution < -0.4 is 10.6 Å². The van der Waals surface area contributed by atoms with Gasteiger partial charge in [0.2, 0.25) is 5.91 Å². The van der Waals surface area contributed by atoms with Crippen LogP contribution in [0.5, 0.6) is 0 Å². The zero-order valence-corrected chi connectivity index (χ0v) is 11.5. The van der Waals surface area contributed by atoms with Gasteiger partial charge in [-0.15, -0.1) is 0 Å². The Morgan fingerprint density at radius 1 is 1.41 bits per heavy atom. The van der Waals surface area contributed by atoms with Gasteiger partial charge in [0.05, 0.1) is 5.41 Å². The van der Waals surface area contributed by atoms with Gasteiger partial charge in [-0.05, 0) is 39.4 Å². The monoisotopic (exact) mass is 241 g/mol. The summed E-state index contributed by atoms with van der Waals surface area (Å²) in [5, 5.41) is 6.38. The van der Waals surface area contributed by atoms with E-state index in [0.29, 0.717) is 0 Å². The minimum absolute atomic E-state index is 0.205. The Hall–Kier alpha value is -0.610. The van der Waals surface area contributed by atoms with E-state index >= 15 is 0 Å². The fraction of sp³-hybridized carbons (Fsp3) is 0.923. The van der Waals surface area contributed by atoms with Crippen LogP contribution in [-0.4, -0.2) is 50.1 Å². The molecule has 17 heavy (non-hydrogen) atoms. The highest BCUT2D eigenvalue weighted by molar-refractivity contribution is 5.82. The van der Waals surface area contributed by atoms with E-state index in [1.54, 1.807) is 0 Å². The fourth-order valence-electron chi connectivity index (χ4n) is 2.33. The zero-order chi connectivity index (χ0) is 12.7. The van der Waals surface area contributed by atoms with Gasteiger partial charge in [0.1, 0.15) is 0 Å². The number of nitrogens with one attached hydrogen (secondary N) is 2. The van der Waals surface area contributed by atoms with E-state index in [0.717, 1.165) is 52.1 Å². The number of amides is 1. The van der Waals surface area contributed by atoms with E-state index in [1.807, 2.05) is 0 Å². The third-order valence-electron chi connectivity index (χ3n) is 3.75. The van der Waals surface area contributed by atoms with Gasteiger partial charge >= 0.3 is 0 Å². The lowest BCUT2D eigenvalue weighted by atomic mass is 9.82. The molecule has 0 aromatic carbocycles. The van der Waals surface area contributed by atoms with Crippen molar-refractivity contribution in [2.75, 3.05) is 39.3 Å². The summed E-state index contributed by atoms with van der Waals surface area (Å²) in [5.74, 6) is 0.205. The minimum Gasteiger partial charge on any atom is -0.354 e. The molecule has 0 aliphatic carbocycles. The standard InChI is InChI=1S/C13H27N3O/c1-4-16(5-2)10-9-15-12(17)13(3)7-6-8-14-11-13/h14H,4-11H2,1-3H3,(H,15,17). The maximum Gasteiger partial charge on any atom is 0.227 e. The van der Waals surface area contributed by atoms with Crippen molar-refractivity contribution in [2.24, 2.45) is 5.41 Å². The summed E-state index contributed by atoms with van der Waals surface area (Å²) in [7, 11) is 0. The molecule has 1 fully saturated rings. The Kier molecular flexibility index (Phi) is 5.92. The third-order valence-corrected chi connectivity index (χ3v) is 3.75. The average molecular weight is 241 g/mol. The summed E-state index contributed by atoms with van der Waals surface area (Å²) in [6, 6.07) is 0. The lowest BCUT2D eigenvalue weighted by Crippen LogP contribution is -2.49. The molecule has 0 aromatic rings. The molecule has 4 nitrogen and oxygen atoms in total. The smallest absolute Gasteiger partial charge is 0.227 e. The van der Waals surface area contributed by atoms with E-state index in [-0.39, 0.29) is 11.3 Å². The molecule has 1 unspecified atom stereocenters. The number of hydrogen-bond acceptors (Lipinski definition) is 3. The summed E-state index contributed by atoms with van der Waals surface area (Å²) < 4.78 is 0. The van der Waals surface area contributed by atoms with Crippen molar-refractivity contribution < 1.29 is 4.79 Å². The van der Waals surface area contributed by atoms with Crippen LogP contribution in [0.1, 0.15) is 33.6 Å². The molecule has 0 spiro atoms. The highest BCUT2D eigenvalue weighted by Gasteiger charge is 2.34. The highest BCUT2D eigenvalue weighted by atomic mass is 16.2. The Morgan fingerprint density at radius 2 is 2.12 bits per heavy atom. The summed E-state index contributed by atoms with van der Waals surface area (Å²) in [6.45, 7) is 12.0. The predicted octanol–water partition coefficient (Wildman–Crippen LogP) is 0.834. The lowest BCUT2D eigenvalue weighted by Gasteiger charge is -2.33. The van der Waals surface area contributed by atoms with Gasteiger partial charge in [0.25, 0.3) is 0 Å². The molecule has 0 radical (unpaired) electrons. The number of likely N-dealkylation sites (N-methyl/N-ethyl adjacent to an activating group) is 1. The SMILES string of the molecule is CCN(CC)CCNC(=O)C1(C)CCCNC1. The second-order valence-corrected chi connectivity index (χ2v) is 5.12. The molecular weight excluding hydrogens is 214 g/mol. The molecule has 1 heterocycles. The van der Waals surface area contributed by atoms with Gasteiger partial charge in [0.15, 0.2) is 0 Å². The van der Waals surface area contributed by atoms with Crippen LogP contribution in [0.15, 0.2) is 0 Å². The van der Waals surface area contributed by atoms with Gasteiger partial charge in [0, 0.05) is 19.6 Å². The van der Waals surface area contributed by atoms with Crippen molar-refractivity contribution in [1.82, 2.24) is 15.5 Å². The molecule has 1 aliphatic heterocycles. The lowest BCUT2D eigenvalue weighted by molar-refractivity contribution is -0.131. The first-order valence-corrected chi connectivity index (χ1v) is 6.83. The Morgan fingerprint density at radius 3 is 2.65 bits per heavy atom.